The largest absolute Gasteiger partial charge is 0.393 e. The zero-order valence-corrected chi connectivity index (χ0v) is 14.1. The van der Waals surface area contributed by atoms with Crippen LogP contribution in [-0.2, 0) is 6.42 Å². The molecule has 0 spiro atoms. The van der Waals surface area contributed by atoms with E-state index in [0.29, 0.717) is 5.92 Å². The van der Waals surface area contributed by atoms with Crippen LogP contribution < -0.4 is 0 Å². The summed E-state index contributed by atoms with van der Waals surface area (Å²) in [4.78, 5) is 0. The summed E-state index contributed by atoms with van der Waals surface area (Å²) in [6.45, 7) is 6.81. The maximum atomic E-state index is 13.4. The highest BCUT2D eigenvalue weighted by molar-refractivity contribution is 9.10. The third-order valence-corrected chi connectivity index (χ3v) is 5.43. The molecule has 0 saturated heterocycles. The third kappa shape index (κ3) is 3.82. The molecule has 0 bridgehead atoms. The van der Waals surface area contributed by atoms with Gasteiger partial charge in [0.1, 0.15) is 5.82 Å². The molecule has 3 atom stereocenters. The van der Waals surface area contributed by atoms with Crippen LogP contribution in [0.2, 0.25) is 0 Å². The lowest BCUT2D eigenvalue weighted by Gasteiger charge is -2.40. The molecule has 1 aliphatic rings. The zero-order valence-electron chi connectivity index (χ0n) is 12.5. The summed E-state index contributed by atoms with van der Waals surface area (Å²) in [7, 11) is 0. The van der Waals surface area contributed by atoms with Gasteiger partial charge in [-0.2, -0.15) is 0 Å². The molecule has 1 aliphatic carbocycles. The van der Waals surface area contributed by atoms with Crippen molar-refractivity contribution in [3.63, 3.8) is 0 Å². The Balaban J connectivity index is 2.12. The zero-order chi connectivity index (χ0) is 14.9. The molecule has 1 aromatic carbocycles. The quantitative estimate of drug-likeness (QED) is 0.805. The maximum absolute atomic E-state index is 13.4. The molecule has 0 radical (unpaired) electrons. The van der Waals surface area contributed by atoms with Crippen molar-refractivity contribution in [2.24, 2.45) is 17.3 Å². The van der Waals surface area contributed by atoms with E-state index in [1.54, 1.807) is 12.1 Å². The van der Waals surface area contributed by atoms with Crippen LogP contribution in [0.15, 0.2) is 22.7 Å². The van der Waals surface area contributed by atoms with Crippen LogP contribution in [0.3, 0.4) is 0 Å². The Hall–Kier alpha value is -0.410. The summed E-state index contributed by atoms with van der Waals surface area (Å²) in [6, 6.07) is 4.79. The first-order valence-electron chi connectivity index (χ1n) is 7.39. The van der Waals surface area contributed by atoms with Crippen LogP contribution in [-0.4, -0.2) is 11.2 Å². The van der Waals surface area contributed by atoms with Gasteiger partial charge in [-0.3, -0.25) is 0 Å². The second-order valence-corrected chi connectivity index (χ2v) is 8.00. The highest BCUT2D eigenvalue weighted by atomic mass is 79.9. The van der Waals surface area contributed by atoms with Crippen molar-refractivity contribution in [2.45, 2.75) is 52.6 Å². The average molecular weight is 343 g/mol. The van der Waals surface area contributed by atoms with E-state index in [1.165, 1.54) is 6.07 Å². The summed E-state index contributed by atoms with van der Waals surface area (Å²) in [5.74, 6) is 0.648. The van der Waals surface area contributed by atoms with Gasteiger partial charge in [0, 0.05) is 4.47 Å². The first kappa shape index (κ1) is 16.0. The first-order chi connectivity index (χ1) is 9.27. The van der Waals surface area contributed by atoms with Crippen LogP contribution in [0, 0.1) is 23.1 Å². The predicted octanol–water partition coefficient (Wildman–Crippen LogP) is 4.95. The molecule has 1 saturated carbocycles. The molecule has 2 rings (SSSR count). The van der Waals surface area contributed by atoms with Crippen LogP contribution in [0.25, 0.3) is 0 Å². The number of hydrogen-bond donors (Lipinski definition) is 1. The van der Waals surface area contributed by atoms with Crippen LogP contribution in [0.4, 0.5) is 4.39 Å². The van der Waals surface area contributed by atoms with Gasteiger partial charge in [-0.1, -0.05) is 36.7 Å². The predicted molar refractivity (Wildman–Crippen MR) is 84.1 cm³/mol. The van der Waals surface area contributed by atoms with Gasteiger partial charge >= 0.3 is 0 Å². The highest BCUT2D eigenvalue weighted by Gasteiger charge is 2.35. The molecule has 1 aromatic rings. The van der Waals surface area contributed by atoms with E-state index in [0.717, 1.165) is 35.7 Å². The Morgan fingerprint density at radius 1 is 1.30 bits per heavy atom. The Bertz CT molecular complexity index is 467. The Morgan fingerprint density at radius 3 is 2.65 bits per heavy atom. The second kappa shape index (κ2) is 6.15. The molecule has 3 heteroatoms. The number of halogens is 2. The van der Waals surface area contributed by atoms with Crippen molar-refractivity contribution in [1.82, 2.24) is 0 Å². The van der Waals surface area contributed by atoms with Crippen molar-refractivity contribution < 1.29 is 9.50 Å². The number of aliphatic hydroxyl groups excluding tert-OH is 1. The minimum absolute atomic E-state index is 0.208. The maximum Gasteiger partial charge on any atom is 0.123 e. The topological polar surface area (TPSA) is 20.2 Å². The summed E-state index contributed by atoms with van der Waals surface area (Å²) >= 11 is 3.48. The summed E-state index contributed by atoms with van der Waals surface area (Å²) in [6.07, 6.45) is 3.45. The fraction of sp³-hybridized carbons (Fsp3) is 0.647. The second-order valence-electron chi connectivity index (χ2n) is 7.14. The third-order valence-electron chi connectivity index (χ3n) is 4.66. The van der Waals surface area contributed by atoms with Crippen molar-refractivity contribution in [3.8, 4) is 0 Å². The SMILES string of the molecule is CC(C)(C)C1CCC(O)C(Cc2cc(F)ccc2Br)C1. The summed E-state index contributed by atoms with van der Waals surface area (Å²) in [5.41, 5.74) is 1.24. The van der Waals surface area contributed by atoms with E-state index in [4.69, 9.17) is 0 Å². The number of hydrogen-bond acceptors (Lipinski definition) is 1. The van der Waals surface area contributed by atoms with Crippen LogP contribution in [0.1, 0.15) is 45.6 Å². The van der Waals surface area contributed by atoms with Crippen LogP contribution in [0.5, 0.6) is 0 Å². The summed E-state index contributed by atoms with van der Waals surface area (Å²) < 4.78 is 14.3. The van der Waals surface area contributed by atoms with Crippen molar-refractivity contribution >= 4 is 15.9 Å². The molecule has 1 fully saturated rings. The minimum Gasteiger partial charge on any atom is -0.393 e. The smallest absolute Gasteiger partial charge is 0.123 e. The molecule has 1 N–H and O–H groups in total. The van der Waals surface area contributed by atoms with E-state index in [-0.39, 0.29) is 23.3 Å². The molecular formula is C17H24BrFO. The number of benzene rings is 1. The van der Waals surface area contributed by atoms with Gasteiger partial charge < -0.3 is 5.11 Å². The van der Waals surface area contributed by atoms with E-state index in [2.05, 4.69) is 36.7 Å². The van der Waals surface area contributed by atoms with Gasteiger partial charge in [0.25, 0.3) is 0 Å². The normalized spacial score (nSPS) is 27.6. The van der Waals surface area contributed by atoms with Crippen molar-refractivity contribution in [1.29, 1.82) is 0 Å². The monoisotopic (exact) mass is 342 g/mol. The molecule has 20 heavy (non-hydrogen) atoms. The lowest BCUT2D eigenvalue weighted by Crippen LogP contribution is -2.35. The fourth-order valence-corrected chi connectivity index (χ4v) is 3.64. The van der Waals surface area contributed by atoms with E-state index < -0.39 is 0 Å². The van der Waals surface area contributed by atoms with Gasteiger partial charge in [-0.05, 0) is 66.7 Å². The van der Waals surface area contributed by atoms with Crippen LogP contribution >= 0.6 is 15.9 Å². The number of rotatable bonds is 2. The van der Waals surface area contributed by atoms with Gasteiger partial charge in [0.05, 0.1) is 6.10 Å². The molecule has 0 aliphatic heterocycles. The van der Waals surface area contributed by atoms with Gasteiger partial charge in [-0.15, -0.1) is 0 Å². The average Bonchev–Trinajstić information content (AvgIpc) is 2.35. The molecular weight excluding hydrogens is 319 g/mol. The Labute approximate surface area is 129 Å². The van der Waals surface area contributed by atoms with Crippen molar-refractivity contribution in [3.05, 3.63) is 34.1 Å². The molecule has 0 heterocycles. The fourth-order valence-electron chi connectivity index (χ4n) is 3.24. The molecule has 3 unspecified atom stereocenters. The first-order valence-corrected chi connectivity index (χ1v) is 8.18. The Kier molecular flexibility index (Phi) is 4.91. The summed E-state index contributed by atoms with van der Waals surface area (Å²) in [5, 5.41) is 10.3. The minimum atomic E-state index is -0.260. The lowest BCUT2D eigenvalue weighted by molar-refractivity contribution is 0.0195. The van der Waals surface area contributed by atoms with Gasteiger partial charge in [0.2, 0.25) is 0 Å². The van der Waals surface area contributed by atoms with E-state index in [1.807, 2.05) is 0 Å². The molecule has 112 valence electrons. The molecule has 0 aromatic heterocycles. The lowest BCUT2D eigenvalue weighted by atomic mass is 9.67. The van der Waals surface area contributed by atoms with E-state index in [9.17, 15) is 9.50 Å². The Morgan fingerprint density at radius 2 is 2.00 bits per heavy atom. The standard InChI is InChI=1S/C17H24BrFO/c1-17(2,3)13-4-7-16(20)12(9-13)8-11-10-14(19)5-6-15(11)18/h5-6,10,12-13,16,20H,4,7-9H2,1-3H3. The molecule has 1 nitrogen and oxygen atoms in total. The number of aliphatic hydroxyl groups is 1. The van der Waals surface area contributed by atoms with Gasteiger partial charge in [0.15, 0.2) is 0 Å². The van der Waals surface area contributed by atoms with Crippen molar-refractivity contribution in [2.75, 3.05) is 0 Å². The molecule has 0 amide bonds. The van der Waals surface area contributed by atoms with Gasteiger partial charge in [-0.25, -0.2) is 4.39 Å². The van der Waals surface area contributed by atoms with E-state index >= 15 is 0 Å². The highest BCUT2D eigenvalue weighted by Crippen LogP contribution is 2.41.